The molecule has 0 aromatic rings. The second kappa shape index (κ2) is 9.32. The van der Waals surface area contributed by atoms with Gasteiger partial charge in [0.05, 0.1) is 0 Å². The Labute approximate surface area is 138 Å². The maximum Gasteiger partial charge on any atom is 0.227 e. The summed E-state index contributed by atoms with van der Waals surface area (Å²) in [4.78, 5) is 24.9. The minimum Gasteiger partial charge on any atom is -0.345 e. The van der Waals surface area contributed by atoms with Crippen molar-refractivity contribution in [3.63, 3.8) is 0 Å². The van der Waals surface area contributed by atoms with E-state index in [4.69, 9.17) is 0 Å². The number of nitrogens with zero attached hydrogens (tertiary/aromatic N) is 1. The number of carbonyl (C=O) groups is 2. The topological polar surface area (TPSA) is 37.4 Å². The van der Waals surface area contributed by atoms with Gasteiger partial charge in [-0.15, -0.1) is 0 Å². The van der Waals surface area contributed by atoms with Crippen LogP contribution in [0.25, 0.3) is 0 Å². The predicted octanol–water partition coefficient (Wildman–Crippen LogP) is 4.79. The van der Waals surface area contributed by atoms with Crippen LogP contribution in [0.15, 0.2) is 0 Å². The Kier molecular flexibility index (Phi) is 9.91. The molecule has 0 aliphatic rings. The van der Waals surface area contributed by atoms with E-state index in [9.17, 15) is 9.59 Å². The van der Waals surface area contributed by atoms with Gasteiger partial charge < -0.3 is 4.90 Å². The van der Waals surface area contributed by atoms with Gasteiger partial charge >= 0.3 is 0 Å². The molecule has 132 valence electrons. The molecule has 0 fully saturated rings. The van der Waals surface area contributed by atoms with Crippen LogP contribution < -0.4 is 0 Å². The Hall–Kier alpha value is -0.860. The zero-order chi connectivity index (χ0) is 18.3. The summed E-state index contributed by atoms with van der Waals surface area (Å²) >= 11 is 0. The lowest BCUT2D eigenvalue weighted by atomic mass is 9.79. The van der Waals surface area contributed by atoms with Crippen molar-refractivity contribution in [2.45, 2.75) is 75.7 Å². The Morgan fingerprint density at radius 3 is 1.50 bits per heavy atom. The molecule has 0 aromatic carbocycles. The first-order valence-corrected chi connectivity index (χ1v) is 8.46. The van der Waals surface area contributed by atoms with Gasteiger partial charge in [0.2, 0.25) is 5.91 Å². The summed E-state index contributed by atoms with van der Waals surface area (Å²) in [6.45, 7) is 20.9. The molecule has 0 N–H and O–H groups in total. The Bertz CT molecular complexity index is 345. The van der Waals surface area contributed by atoms with E-state index >= 15 is 0 Å². The molecule has 22 heavy (non-hydrogen) atoms. The van der Waals surface area contributed by atoms with Gasteiger partial charge in [0.1, 0.15) is 5.78 Å². The van der Waals surface area contributed by atoms with E-state index in [1.807, 2.05) is 55.5 Å². The minimum atomic E-state index is -0.232. The SMILES string of the molecule is CC(C)[C@@H](C)C(=O)C(C)(C)C.CCCN(C)C(=O)C(C)(C)C. The Morgan fingerprint density at radius 1 is 0.909 bits per heavy atom. The van der Waals surface area contributed by atoms with Gasteiger partial charge in [0.25, 0.3) is 0 Å². The number of Topliss-reactive ketones (excluding diaryl/α,β-unsaturated/α-hetero) is 1. The van der Waals surface area contributed by atoms with Crippen molar-refractivity contribution in [1.29, 1.82) is 0 Å². The molecule has 1 amide bonds. The molecule has 0 aliphatic heterocycles. The van der Waals surface area contributed by atoms with Gasteiger partial charge in [-0.25, -0.2) is 0 Å². The fraction of sp³-hybridized carbons (Fsp3) is 0.895. The lowest BCUT2D eigenvalue weighted by Crippen LogP contribution is -2.36. The van der Waals surface area contributed by atoms with Crippen LogP contribution in [0.4, 0.5) is 0 Å². The van der Waals surface area contributed by atoms with Crippen LogP contribution in [-0.4, -0.2) is 30.2 Å². The van der Waals surface area contributed by atoms with Gasteiger partial charge in [-0.3, -0.25) is 9.59 Å². The molecule has 0 spiro atoms. The molecule has 0 bridgehead atoms. The molecular weight excluding hydrogens is 274 g/mol. The van der Waals surface area contributed by atoms with E-state index in [1.54, 1.807) is 4.90 Å². The van der Waals surface area contributed by atoms with Crippen molar-refractivity contribution in [1.82, 2.24) is 4.90 Å². The summed E-state index contributed by atoms with van der Waals surface area (Å²) in [5.74, 6) is 1.24. The van der Waals surface area contributed by atoms with Crippen LogP contribution in [0.3, 0.4) is 0 Å². The predicted molar refractivity (Wildman–Crippen MR) is 95.8 cm³/mol. The van der Waals surface area contributed by atoms with Gasteiger partial charge in [0.15, 0.2) is 0 Å². The lowest BCUT2D eigenvalue weighted by molar-refractivity contribution is -0.138. The standard InChI is InChI=1S/C10H20O.C9H19NO/c1-7(2)8(3)9(11)10(4,5)6;1-6-7-10(5)8(11)9(2,3)4/h7-8H,1-6H3;6-7H2,1-5H3/t8-;/m1./s1. The number of hydrogen-bond donors (Lipinski definition) is 0. The summed E-state index contributed by atoms with van der Waals surface area (Å²) < 4.78 is 0. The van der Waals surface area contributed by atoms with Gasteiger partial charge in [0, 0.05) is 30.3 Å². The van der Waals surface area contributed by atoms with Gasteiger partial charge in [-0.2, -0.15) is 0 Å². The zero-order valence-corrected chi connectivity index (χ0v) is 16.8. The van der Waals surface area contributed by atoms with E-state index in [-0.39, 0.29) is 22.7 Å². The number of ketones is 1. The summed E-state index contributed by atoms with van der Waals surface area (Å²) in [5.41, 5.74) is -0.409. The molecule has 0 unspecified atom stereocenters. The summed E-state index contributed by atoms with van der Waals surface area (Å²) in [6.07, 6.45) is 1.03. The first-order chi connectivity index (χ1) is 9.66. The maximum absolute atomic E-state index is 11.6. The molecule has 0 saturated carbocycles. The third-order valence-electron chi connectivity index (χ3n) is 3.70. The first kappa shape index (κ1) is 23.4. The fourth-order valence-electron chi connectivity index (χ4n) is 2.00. The number of carbonyl (C=O) groups excluding carboxylic acids is 2. The lowest BCUT2D eigenvalue weighted by Gasteiger charge is -2.25. The van der Waals surface area contributed by atoms with Crippen molar-refractivity contribution >= 4 is 11.7 Å². The number of rotatable bonds is 4. The van der Waals surface area contributed by atoms with Crippen molar-refractivity contribution in [3.8, 4) is 0 Å². The second-order valence-electron chi connectivity index (χ2n) is 8.62. The van der Waals surface area contributed by atoms with Crippen LogP contribution in [0, 0.1) is 22.7 Å². The highest BCUT2D eigenvalue weighted by molar-refractivity contribution is 5.85. The quantitative estimate of drug-likeness (QED) is 0.748. The summed E-state index contributed by atoms with van der Waals surface area (Å²) in [5, 5.41) is 0. The maximum atomic E-state index is 11.6. The van der Waals surface area contributed by atoms with Crippen LogP contribution >= 0.6 is 0 Å². The van der Waals surface area contributed by atoms with Crippen molar-refractivity contribution in [2.24, 2.45) is 22.7 Å². The average Bonchev–Trinajstić information content (AvgIpc) is 2.34. The largest absolute Gasteiger partial charge is 0.345 e. The zero-order valence-electron chi connectivity index (χ0n) is 16.8. The molecule has 3 heteroatoms. The molecule has 0 heterocycles. The Morgan fingerprint density at radius 2 is 1.32 bits per heavy atom. The molecule has 0 aliphatic carbocycles. The summed E-state index contributed by atoms with van der Waals surface area (Å²) in [7, 11) is 1.86. The normalized spacial score (nSPS) is 13.3. The van der Waals surface area contributed by atoms with Crippen LogP contribution in [0.5, 0.6) is 0 Å². The van der Waals surface area contributed by atoms with Gasteiger partial charge in [-0.05, 0) is 12.3 Å². The average molecular weight is 314 g/mol. The molecule has 0 radical (unpaired) electrons. The smallest absolute Gasteiger partial charge is 0.227 e. The van der Waals surface area contributed by atoms with E-state index in [0.717, 1.165) is 13.0 Å². The van der Waals surface area contributed by atoms with E-state index in [2.05, 4.69) is 20.8 Å². The fourth-order valence-corrected chi connectivity index (χ4v) is 2.00. The van der Waals surface area contributed by atoms with Crippen molar-refractivity contribution < 1.29 is 9.59 Å². The highest BCUT2D eigenvalue weighted by atomic mass is 16.2. The monoisotopic (exact) mass is 313 g/mol. The number of amides is 1. The molecular formula is C19H39NO2. The van der Waals surface area contributed by atoms with E-state index in [1.165, 1.54) is 0 Å². The molecule has 3 nitrogen and oxygen atoms in total. The summed E-state index contributed by atoms with van der Waals surface area (Å²) in [6, 6.07) is 0. The highest BCUT2D eigenvalue weighted by Gasteiger charge is 2.28. The van der Waals surface area contributed by atoms with Crippen molar-refractivity contribution in [2.75, 3.05) is 13.6 Å². The second-order valence-corrected chi connectivity index (χ2v) is 8.62. The van der Waals surface area contributed by atoms with Crippen LogP contribution in [0.1, 0.15) is 75.7 Å². The highest BCUT2D eigenvalue weighted by Crippen LogP contribution is 2.24. The van der Waals surface area contributed by atoms with Crippen molar-refractivity contribution in [3.05, 3.63) is 0 Å². The third-order valence-corrected chi connectivity index (χ3v) is 3.70. The third kappa shape index (κ3) is 9.22. The number of hydrogen-bond acceptors (Lipinski definition) is 2. The molecule has 1 atom stereocenters. The molecule has 0 rings (SSSR count). The van der Waals surface area contributed by atoms with Gasteiger partial charge in [-0.1, -0.05) is 69.2 Å². The minimum absolute atomic E-state index is 0.177. The van der Waals surface area contributed by atoms with E-state index < -0.39 is 0 Å². The van der Waals surface area contributed by atoms with Crippen LogP contribution in [0.2, 0.25) is 0 Å². The molecule has 0 saturated heterocycles. The first-order valence-electron chi connectivity index (χ1n) is 8.46. The molecule has 0 aromatic heterocycles. The van der Waals surface area contributed by atoms with E-state index in [0.29, 0.717) is 11.7 Å². The Balaban J connectivity index is 0. The van der Waals surface area contributed by atoms with Crippen LogP contribution in [-0.2, 0) is 9.59 Å².